The third-order valence-electron chi connectivity index (χ3n) is 4.28. The molecule has 1 unspecified atom stereocenters. The maximum Gasteiger partial charge on any atom is 0.319 e. The summed E-state index contributed by atoms with van der Waals surface area (Å²) in [7, 11) is 1.67. The Kier molecular flexibility index (Phi) is 7.15. The SMILES string of the molecule is CN=C(NCc1nccn1C(F)F)NC1CCc2ccccc2C1.I. The van der Waals surface area contributed by atoms with E-state index in [0.29, 0.717) is 5.96 Å². The molecule has 25 heavy (non-hydrogen) atoms. The molecule has 0 saturated heterocycles. The van der Waals surface area contributed by atoms with Crippen LogP contribution in [-0.4, -0.2) is 28.6 Å². The van der Waals surface area contributed by atoms with Crippen molar-refractivity contribution >= 4 is 29.9 Å². The predicted molar refractivity (Wildman–Crippen MR) is 104 cm³/mol. The van der Waals surface area contributed by atoms with Crippen molar-refractivity contribution in [2.45, 2.75) is 38.4 Å². The number of aliphatic imine (C=N–C) groups is 1. The van der Waals surface area contributed by atoms with Crippen molar-refractivity contribution in [3.8, 4) is 0 Å². The second-order valence-electron chi connectivity index (χ2n) is 5.81. The zero-order chi connectivity index (χ0) is 16.9. The average molecular weight is 461 g/mol. The van der Waals surface area contributed by atoms with Gasteiger partial charge in [0.25, 0.3) is 0 Å². The first-order chi connectivity index (χ1) is 11.7. The highest BCUT2D eigenvalue weighted by molar-refractivity contribution is 14.0. The molecule has 1 aliphatic carbocycles. The van der Waals surface area contributed by atoms with Gasteiger partial charge in [-0.25, -0.2) is 4.98 Å². The lowest BCUT2D eigenvalue weighted by atomic mass is 9.88. The van der Waals surface area contributed by atoms with Crippen LogP contribution in [0.5, 0.6) is 0 Å². The van der Waals surface area contributed by atoms with Gasteiger partial charge in [0.1, 0.15) is 5.82 Å². The number of benzene rings is 1. The van der Waals surface area contributed by atoms with E-state index >= 15 is 0 Å². The van der Waals surface area contributed by atoms with Crippen molar-refractivity contribution in [2.24, 2.45) is 4.99 Å². The number of nitrogens with one attached hydrogen (secondary N) is 2. The third kappa shape index (κ3) is 4.90. The molecule has 8 heteroatoms. The van der Waals surface area contributed by atoms with Gasteiger partial charge in [0.15, 0.2) is 5.96 Å². The molecule has 5 nitrogen and oxygen atoms in total. The highest BCUT2D eigenvalue weighted by atomic mass is 127. The van der Waals surface area contributed by atoms with Gasteiger partial charge in [-0.05, 0) is 30.4 Å². The topological polar surface area (TPSA) is 54.2 Å². The molecule has 0 bridgehead atoms. The highest BCUT2D eigenvalue weighted by Crippen LogP contribution is 2.21. The first-order valence-corrected chi connectivity index (χ1v) is 8.01. The van der Waals surface area contributed by atoms with E-state index in [1.54, 1.807) is 7.05 Å². The first-order valence-electron chi connectivity index (χ1n) is 8.01. The molecule has 1 aromatic heterocycles. The van der Waals surface area contributed by atoms with Crippen LogP contribution in [0.2, 0.25) is 0 Å². The largest absolute Gasteiger partial charge is 0.353 e. The molecule has 1 aromatic carbocycles. The van der Waals surface area contributed by atoms with E-state index in [9.17, 15) is 8.78 Å². The van der Waals surface area contributed by atoms with Crippen LogP contribution in [0.3, 0.4) is 0 Å². The Hall–Kier alpha value is -1.71. The van der Waals surface area contributed by atoms with Gasteiger partial charge in [-0.3, -0.25) is 9.56 Å². The van der Waals surface area contributed by atoms with Gasteiger partial charge in [-0.2, -0.15) is 8.78 Å². The Morgan fingerprint density at radius 1 is 1.36 bits per heavy atom. The van der Waals surface area contributed by atoms with E-state index < -0.39 is 6.55 Å². The van der Waals surface area contributed by atoms with Gasteiger partial charge >= 0.3 is 6.55 Å². The molecule has 1 atom stereocenters. The standard InChI is InChI=1S/C17H21F2N5.HI/c1-20-17(22-11-15-21-8-9-24(15)16(18)19)23-14-7-6-12-4-2-3-5-13(12)10-14;/h2-5,8-9,14,16H,6-7,10-11H2,1H3,(H2,20,22,23);1H. The second-order valence-corrected chi connectivity index (χ2v) is 5.81. The Labute approximate surface area is 163 Å². The van der Waals surface area contributed by atoms with E-state index in [1.165, 1.54) is 23.5 Å². The molecule has 0 fully saturated rings. The summed E-state index contributed by atoms with van der Waals surface area (Å²) < 4.78 is 26.5. The zero-order valence-electron chi connectivity index (χ0n) is 14.0. The van der Waals surface area contributed by atoms with Crippen molar-refractivity contribution in [2.75, 3.05) is 7.05 Å². The maximum absolute atomic E-state index is 12.8. The second kappa shape index (κ2) is 9.12. The predicted octanol–water partition coefficient (Wildman–Crippen LogP) is 3.12. The fourth-order valence-corrected chi connectivity index (χ4v) is 3.03. The maximum atomic E-state index is 12.8. The molecule has 2 aromatic rings. The van der Waals surface area contributed by atoms with Crippen molar-refractivity contribution in [3.05, 3.63) is 53.6 Å². The molecule has 0 spiro atoms. The van der Waals surface area contributed by atoms with Crippen LogP contribution >= 0.6 is 24.0 Å². The van der Waals surface area contributed by atoms with E-state index in [2.05, 4.69) is 44.9 Å². The van der Waals surface area contributed by atoms with Gasteiger partial charge in [-0.15, -0.1) is 24.0 Å². The molecule has 1 heterocycles. The summed E-state index contributed by atoms with van der Waals surface area (Å²) in [5.41, 5.74) is 2.75. The van der Waals surface area contributed by atoms with Crippen LogP contribution in [0.25, 0.3) is 0 Å². The zero-order valence-corrected chi connectivity index (χ0v) is 16.3. The summed E-state index contributed by atoms with van der Waals surface area (Å²) >= 11 is 0. The lowest BCUT2D eigenvalue weighted by Gasteiger charge is -2.27. The molecule has 3 rings (SSSR count). The van der Waals surface area contributed by atoms with Gasteiger partial charge in [0, 0.05) is 25.5 Å². The summed E-state index contributed by atoms with van der Waals surface area (Å²) in [4.78, 5) is 8.14. The van der Waals surface area contributed by atoms with Crippen LogP contribution in [-0.2, 0) is 19.4 Å². The minimum atomic E-state index is -2.59. The molecule has 0 radical (unpaired) electrons. The number of fused-ring (bicyclic) bond motifs is 1. The summed E-state index contributed by atoms with van der Waals surface area (Å²) in [6.07, 6.45) is 5.62. The summed E-state index contributed by atoms with van der Waals surface area (Å²) in [5.74, 6) is 0.880. The van der Waals surface area contributed by atoms with Crippen molar-refractivity contribution in [1.82, 2.24) is 20.2 Å². The first kappa shape index (κ1) is 19.6. The lowest BCUT2D eigenvalue weighted by molar-refractivity contribution is 0.0668. The minimum absolute atomic E-state index is 0. The van der Waals surface area contributed by atoms with Gasteiger partial charge < -0.3 is 10.6 Å². The van der Waals surface area contributed by atoms with Crippen LogP contribution in [0, 0.1) is 0 Å². The average Bonchev–Trinajstić information content (AvgIpc) is 3.07. The monoisotopic (exact) mass is 461 g/mol. The van der Waals surface area contributed by atoms with E-state index in [0.717, 1.165) is 23.8 Å². The van der Waals surface area contributed by atoms with E-state index in [-0.39, 0.29) is 42.4 Å². The Morgan fingerprint density at radius 2 is 2.12 bits per heavy atom. The number of imidazole rings is 1. The third-order valence-corrected chi connectivity index (χ3v) is 4.28. The Morgan fingerprint density at radius 3 is 2.84 bits per heavy atom. The number of aromatic nitrogens is 2. The molecule has 136 valence electrons. The number of aryl methyl sites for hydroxylation is 1. The smallest absolute Gasteiger partial charge is 0.319 e. The molecular weight excluding hydrogens is 439 g/mol. The molecule has 1 aliphatic rings. The number of hydrogen-bond donors (Lipinski definition) is 2. The molecule has 0 aliphatic heterocycles. The summed E-state index contributed by atoms with van der Waals surface area (Å²) in [5, 5.41) is 6.43. The highest BCUT2D eigenvalue weighted by Gasteiger charge is 2.19. The van der Waals surface area contributed by atoms with Crippen LogP contribution < -0.4 is 10.6 Å². The number of halogens is 3. The van der Waals surface area contributed by atoms with Crippen molar-refractivity contribution in [3.63, 3.8) is 0 Å². The fourth-order valence-electron chi connectivity index (χ4n) is 3.03. The number of alkyl halides is 2. The quantitative estimate of drug-likeness (QED) is 0.418. The minimum Gasteiger partial charge on any atom is -0.353 e. The molecule has 0 amide bonds. The normalized spacial score (nSPS) is 17.0. The van der Waals surface area contributed by atoms with Crippen LogP contribution in [0.1, 0.15) is 29.9 Å². The van der Waals surface area contributed by atoms with Crippen molar-refractivity contribution < 1.29 is 8.78 Å². The number of rotatable bonds is 4. The molecule has 2 N–H and O–H groups in total. The number of guanidine groups is 1. The van der Waals surface area contributed by atoms with Crippen LogP contribution in [0.15, 0.2) is 41.7 Å². The summed E-state index contributed by atoms with van der Waals surface area (Å²) in [6.45, 7) is -2.39. The Balaban J connectivity index is 0.00000225. The van der Waals surface area contributed by atoms with E-state index in [1.807, 2.05) is 0 Å². The Bertz CT molecular complexity index is 717. The van der Waals surface area contributed by atoms with Crippen LogP contribution in [0.4, 0.5) is 8.78 Å². The van der Waals surface area contributed by atoms with Gasteiger partial charge in [-0.1, -0.05) is 24.3 Å². The lowest BCUT2D eigenvalue weighted by Crippen LogP contribution is -2.45. The fraction of sp³-hybridized carbons (Fsp3) is 0.412. The van der Waals surface area contributed by atoms with Gasteiger partial charge in [0.2, 0.25) is 0 Å². The van der Waals surface area contributed by atoms with E-state index in [4.69, 9.17) is 0 Å². The number of hydrogen-bond acceptors (Lipinski definition) is 2. The van der Waals surface area contributed by atoms with Crippen molar-refractivity contribution in [1.29, 1.82) is 0 Å². The molecular formula is C17H22F2IN5. The number of nitrogens with zero attached hydrogens (tertiary/aromatic N) is 3. The summed E-state index contributed by atoms with van der Waals surface area (Å²) in [6, 6.07) is 8.72. The molecule has 0 saturated carbocycles. The van der Waals surface area contributed by atoms with Gasteiger partial charge in [0.05, 0.1) is 6.54 Å².